The van der Waals surface area contributed by atoms with Gasteiger partial charge in [0.05, 0.1) is 17.7 Å². The van der Waals surface area contributed by atoms with Gasteiger partial charge in [-0.15, -0.1) is 0 Å². The molecule has 1 fully saturated rings. The second kappa shape index (κ2) is 6.22. The van der Waals surface area contributed by atoms with Crippen LogP contribution in [-0.2, 0) is 11.2 Å². The molecule has 0 aliphatic carbocycles. The van der Waals surface area contributed by atoms with Gasteiger partial charge < -0.3 is 15.2 Å². The number of anilines is 1. The van der Waals surface area contributed by atoms with Crippen molar-refractivity contribution in [3.05, 3.63) is 23.4 Å². The molecule has 1 atom stereocenters. The number of carboxylic acid groups (broad SMARTS) is 1. The topological polar surface area (TPSA) is 71.5 Å². The standard InChI is InChI=1S/C15H22N2O3/c1-3-5-12-8-11(14(18)19)9-13(16-12)17-15(2)6-4-7-20-10-15/h8-9H,3-7,10H2,1-2H3,(H,16,17)(H,18,19). The highest BCUT2D eigenvalue weighted by Crippen LogP contribution is 2.24. The summed E-state index contributed by atoms with van der Waals surface area (Å²) >= 11 is 0. The van der Waals surface area contributed by atoms with E-state index in [0.29, 0.717) is 12.4 Å². The van der Waals surface area contributed by atoms with Gasteiger partial charge in [0.15, 0.2) is 0 Å². The first-order valence-corrected chi connectivity index (χ1v) is 7.12. The van der Waals surface area contributed by atoms with Crippen LogP contribution in [0.4, 0.5) is 5.82 Å². The molecular weight excluding hydrogens is 256 g/mol. The SMILES string of the molecule is CCCc1cc(C(=O)O)cc(NC2(C)CCCOC2)n1. The van der Waals surface area contributed by atoms with Gasteiger partial charge in [0, 0.05) is 12.3 Å². The summed E-state index contributed by atoms with van der Waals surface area (Å²) in [5, 5.41) is 12.5. The zero-order chi connectivity index (χ0) is 14.6. The van der Waals surface area contributed by atoms with Gasteiger partial charge in [-0.05, 0) is 38.3 Å². The number of nitrogens with zero attached hydrogens (tertiary/aromatic N) is 1. The predicted octanol–water partition coefficient (Wildman–Crippen LogP) is 2.71. The van der Waals surface area contributed by atoms with E-state index in [1.807, 2.05) is 0 Å². The fraction of sp³-hybridized carbons (Fsp3) is 0.600. The summed E-state index contributed by atoms with van der Waals surface area (Å²) in [4.78, 5) is 15.7. The Labute approximate surface area is 119 Å². The molecule has 20 heavy (non-hydrogen) atoms. The van der Waals surface area contributed by atoms with Crippen LogP contribution in [0.25, 0.3) is 0 Å². The maximum absolute atomic E-state index is 11.2. The number of carboxylic acids is 1. The molecule has 0 spiro atoms. The summed E-state index contributed by atoms with van der Waals surface area (Å²) in [5.74, 6) is -0.292. The van der Waals surface area contributed by atoms with Gasteiger partial charge in [0.25, 0.3) is 0 Å². The molecule has 0 amide bonds. The van der Waals surface area contributed by atoms with E-state index in [9.17, 15) is 9.90 Å². The number of hydrogen-bond donors (Lipinski definition) is 2. The minimum atomic E-state index is -0.919. The molecular formula is C15H22N2O3. The lowest BCUT2D eigenvalue weighted by atomic mass is 9.95. The Balaban J connectivity index is 2.23. The van der Waals surface area contributed by atoms with Crippen molar-refractivity contribution in [2.75, 3.05) is 18.5 Å². The Bertz CT molecular complexity index is 482. The van der Waals surface area contributed by atoms with Crippen LogP contribution in [0.2, 0.25) is 0 Å². The molecule has 5 heteroatoms. The summed E-state index contributed by atoms with van der Waals surface area (Å²) in [6, 6.07) is 3.25. The van der Waals surface area contributed by atoms with Crippen LogP contribution in [0.5, 0.6) is 0 Å². The zero-order valence-corrected chi connectivity index (χ0v) is 12.1. The van der Waals surface area contributed by atoms with Gasteiger partial charge in [-0.25, -0.2) is 9.78 Å². The molecule has 1 aromatic rings. The van der Waals surface area contributed by atoms with Crippen LogP contribution < -0.4 is 5.32 Å². The fourth-order valence-electron chi connectivity index (χ4n) is 2.50. The maximum Gasteiger partial charge on any atom is 0.335 e. The average molecular weight is 278 g/mol. The molecule has 1 aliphatic rings. The predicted molar refractivity (Wildman–Crippen MR) is 77.3 cm³/mol. The first-order valence-electron chi connectivity index (χ1n) is 7.12. The molecule has 110 valence electrons. The number of pyridine rings is 1. The van der Waals surface area contributed by atoms with Gasteiger partial charge in [0.1, 0.15) is 5.82 Å². The number of rotatable bonds is 5. The van der Waals surface area contributed by atoms with E-state index in [2.05, 4.69) is 24.1 Å². The van der Waals surface area contributed by atoms with Crippen molar-refractivity contribution in [2.24, 2.45) is 0 Å². The van der Waals surface area contributed by atoms with Crippen molar-refractivity contribution in [3.8, 4) is 0 Å². The van der Waals surface area contributed by atoms with Crippen molar-refractivity contribution < 1.29 is 14.6 Å². The monoisotopic (exact) mass is 278 g/mol. The minimum absolute atomic E-state index is 0.175. The van der Waals surface area contributed by atoms with E-state index in [1.165, 1.54) is 0 Å². The molecule has 1 saturated heterocycles. The Kier molecular flexibility index (Phi) is 4.60. The minimum Gasteiger partial charge on any atom is -0.478 e. The Morgan fingerprint density at radius 2 is 2.35 bits per heavy atom. The summed E-state index contributed by atoms with van der Waals surface area (Å²) in [5.41, 5.74) is 0.924. The zero-order valence-electron chi connectivity index (χ0n) is 12.1. The Morgan fingerprint density at radius 3 is 2.95 bits per heavy atom. The molecule has 1 aliphatic heterocycles. The second-order valence-corrected chi connectivity index (χ2v) is 5.63. The normalized spacial score (nSPS) is 22.5. The second-order valence-electron chi connectivity index (χ2n) is 5.63. The van der Waals surface area contributed by atoms with Crippen molar-refractivity contribution in [2.45, 2.75) is 45.1 Å². The molecule has 0 saturated carbocycles. The number of aromatic nitrogens is 1. The number of ether oxygens (including phenoxy) is 1. The van der Waals surface area contributed by atoms with Crippen LogP contribution >= 0.6 is 0 Å². The lowest BCUT2D eigenvalue weighted by molar-refractivity contribution is 0.0538. The van der Waals surface area contributed by atoms with E-state index < -0.39 is 5.97 Å². The average Bonchev–Trinajstić information content (AvgIpc) is 2.39. The number of aromatic carboxylic acids is 1. The summed E-state index contributed by atoms with van der Waals surface area (Å²) < 4.78 is 5.51. The first kappa shape index (κ1) is 14.8. The van der Waals surface area contributed by atoms with Gasteiger partial charge >= 0.3 is 5.97 Å². The van der Waals surface area contributed by atoms with E-state index in [1.54, 1.807) is 12.1 Å². The van der Waals surface area contributed by atoms with Crippen LogP contribution in [0, 0.1) is 0 Å². The smallest absolute Gasteiger partial charge is 0.335 e. The lowest BCUT2D eigenvalue weighted by Crippen LogP contribution is -2.43. The van der Waals surface area contributed by atoms with Gasteiger partial charge in [-0.1, -0.05) is 13.3 Å². The molecule has 0 aromatic carbocycles. The summed E-state index contributed by atoms with van der Waals surface area (Å²) in [7, 11) is 0. The highest BCUT2D eigenvalue weighted by atomic mass is 16.5. The molecule has 2 heterocycles. The van der Waals surface area contributed by atoms with E-state index in [0.717, 1.165) is 38.0 Å². The highest BCUT2D eigenvalue weighted by molar-refractivity contribution is 5.88. The number of hydrogen-bond acceptors (Lipinski definition) is 4. The quantitative estimate of drug-likeness (QED) is 0.866. The first-order chi connectivity index (χ1) is 9.52. The molecule has 2 rings (SSSR count). The van der Waals surface area contributed by atoms with E-state index >= 15 is 0 Å². The van der Waals surface area contributed by atoms with Gasteiger partial charge in [0.2, 0.25) is 0 Å². The number of aryl methyl sites for hydroxylation is 1. The summed E-state index contributed by atoms with van der Waals surface area (Å²) in [6.07, 6.45) is 3.72. The third-order valence-corrected chi connectivity index (χ3v) is 3.50. The van der Waals surface area contributed by atoms with E-state index in [-0.39, 0.29) is 11.1 Å². The third kappa shape index (κ3) is 3.70. The van der Waals surface area contributed by atoms with Crippen LogP contribution in [0.3, 0.4) is 0 Å². The Morgan fingerprint density at radius 1 is 1.55 bits per heavy atom. The van der Waals surface area contributed by atoms with E-state index in [4.69, 9.17) is 4.74 Å². The largest absolute Gasteiger partial charge is 0.478 e. The van der Waals surface area contributed by atoms with Crippen molar-refractivity contribution in [1.82, 2.24) is 4.98 Å². The molecule has 1 aromatic heterocycles. The van der Waals surface area contributed by atoms with Crippen molar-refractivity contribution in [3.63, 3.8) is 0 Å². The van der Waals surface area contributed by atoms with Crippen molar-refractivity contribution >= 4 is 11.8 Å². The van der Waals surface area contributed by atoms with Gasteiger partial charge in [-0.2, -0.15) is 0 Å². The number of carbonyl (C=O) groups is 1. The van der Waals surface area contributed by atoms with Gasteiger partial charge in [-0.3, -0.25) is 0 Å². The summed E-state index contributed by atoms with van der Waals surface area (Å²) in [6.45, 7) is 5.55. The molecule has 1 unspecified atom stereocenters. The highest BCUT2D eigenvalue weighted by Gasteiger charge is 2.28. The molecule has 5 nitrogen and oxygen atoms in total. The number of nitrogens with one attached hydrogen (secondary N) is 1. The molecule has 2 N–H and O–H groups in total. The molecule has 0 bridgehead atoms. The van der Waals surface area contributed by atoms with Crippen LogP contribution in [0.15, 0.2) is 12.1 Å². The maximum atomic E-state index is 11.2. The molecule has 0 radical (unpaired) electrons. The van der Waals surface area contributed by atoms with Crippen molar-refractivity contribution in [1.29, 1.82) is 0 Å². The van der Waals surface area contributed by atoms with Crippen LogP contribution in [0.1, 0.15) is 49.2 Å². The fourth-order valence-corrected chi connectivity index (χ4v) is 2.50. The Hall–Kier alpha value is -1.62. The van der Waals surface area contributed by atoms with Crippen LogP contribution in [-0.4, -0.2) is 34.8 Å². The lowest BCUT2D eigenvalue weighted by Gasteiger charge is -2.35. The third-order valence-electron chi connectivity index (χ3n) is 3.50.